The SMILES string of the molecule is CN1CCOC(c2noc(CON)n2)C1. The second-order valence-corrected chi connectivity index (χ2v) is 3.48. The number of rotatable bonds is 3. The van der Waals surface area contributed by atoms with Crippen LogP contribution in [-0.2, 0) is 16.2 Å². The molecule has 7 heteroatoms. The number of nitrogens with zero attached hydrogens (tertiary/aromatic N) is 3. The summed E-state index contributed by atoms with van der Waals surface area (Å²) in [5.41, 5.74) is 0. The Morgan fingerprint density at radius 2 is 2.53 bits per heavy atom. The fourth-order valence-corrected chi connectivity index (χ4v) is 1.46. The molecule has 1 aliphatic rings. The van der Waals surface area contributed by atoms with Gasteiger partial charge in [-0.15, -0.1) is 0 Å². The molecular weight excluding hydrogens is 200 g/mol. The van der Waals surface area contributed by atoms with Crippen molar-refractivity contribution in [2.45, 2.75) is 12.7 Å². The molecule has 0 spiro atoms. The zero-order chi connectivity index (χ0) is 10.7. The topological polar surface area (TPSA) is 86.6 Å². The summed E-state index contributed by atoms with van der Waals surface area (Å²) >= 11 is 0. The van der Waals surface area contributed by atoms with Gasteiger partial charge in [-0.05, 0) is 7.05 Å². The molecule has 2 rings (SSSR count). The van der Waals surface area contributed by atoms with Crippen LogP contribution >= 0.6 is 0 Å². The lowest BCUT2D eigenvalue weighted by Crippen LogP contribution is -2.35. The molecule has 7 nitrogen and oxygen atoms in total. The first-order valence-electron chi connectivity index (χ1n) is 4.74. The van der Waals surface area contributed by atoms with Crippen LogP contribution in [0.25, 0.3) is 0 Å². The third kappa shape index (κ3) is 2.51. The predicted molar refractivity (Wildman–Crippen MR) is 49.5 cm³/mol. The van der Waals surface area contributed by atoms with Crippen LogP contribution in [0.2, 0.25) is 0 Å². The van der Waals surface area contributed by atoms with Crippen LogP contribution in [0.3, 0.4) is 0 Å². The number of aromatic nitrogens is 2. The number of hydrogen-bond acceptors (Lipinski definition) is 7. The smallest absolute Gasteiger partial charge is 0.254 e. The van der Waals surface area contributed by atoms with Crippen molar-refractivity contribution in [3.63, 3.8) is 0 Å². The van der Waals surface area contributed by atoms with Crippen LogP contribution in [0.5, 0.6) is 0 Å². The average molecular weight is 214 g/mol. The maximum atomic E-state index is 5.53. The molecule has 2 N–H and O–H groups in total. The Labute approximate surface area is 87.1 Å². The summed E-state index contributed by atoms with van der Waals surface area (Å²) in [7, 11) is 2.03. The van der Waals surface area contributed by atoms with Gasteiger partial charge in [0.25, 0.3) is 5.89 Å². The van der Waals surface area contributed by atoms with Gasteiger partial charge >= 0.3 is 0 Å². The van der Waals surface area contributed by atoms with E-state index >= 15 is 0 Å². The summed E-state index contributed by atoms with van der Waals surface area (Å²) in [5.74, 6) is 5.82. The number of ether oxygens (including phenoxy) is 1. The largest absolute Gasteiger partial charge is 0.367 e. The molecule has 0 aliphatic carbocycles. The van der Waals surface area contributed by atoms with E-state index in [9.17, 15) is 0 Å². The Hall–Kier alpha value is -1.02. The van der Waals surface area contributed by atoms with Crippen molar-refractivity contribution in [3.8, 4) is 0 Å². The van der Waals surface area contributed by atoms with Gasteiger partial charge in [-0.3, -0.25) is 4.84 Å². The van der Waals surface area contributed by atoms with E-state index < -0.39 is 0 Å². The molecule has 1 saturated heterocycles. The third-order valence-electron chi connectivity index (χ3n) is 2.25. The zero-order valence-corrected chi connectivity index (χ0v) is 8.55. The van der Waals surface area contributed by atoms with Crippen molar-refractivity contribution in [2.75, 3.05) is 26.7 Å². The molecule has 1 aliphatic heterocycles. The minimum Gasteiger partial charge on any atom is -0.367 e. The van der Waals surface area contributed by atoms with Gasteiger partial charge in [0.15, 0.2) is 0 Å². The Morgan fingerprint density at radius 3 is 3.27 bits per heavy atom. The second-order valence-electron chi connectivity index (χ2n) is 3.48. The summed E-state index contributed by atoms with van der Waals surface area (Å²) in [5, 5.41) is 3.82. The van der Waals surface area contributed by atoms with Gasteiger partial charge in [0.1, 0.15) is 12.7 Å². The molecule has 2 heterocycles. The highest BCUT2D eigenvalue weighted by atomic mass is 16.6. The van der Waals surface area contributed by atoms with Crippen molar-refractivity contribution in [2.24, 2.45) is 5.90 Å². The molecule has 1 fully saturated rings. The highest BCUT2D eigenvalue weighted by molar-refractivity contribution is 4.93. The fourth-order valence-electron chi connectivity index (χ4n) is 1.46. The zero-order valence-electron chi connectivity index (χ0n) is 8.55. The first kappa shape index (κ1) is 10.5. The molecule has 1 unspecified atom stereocenters. The number of morpholine rings is 1. The third-order valence-corrected chi connectivity index (χ3v) is 2.25. The van der Waals surface area contributed by atoms with Crippen molar-refractivity contribution >= 4 is 0 Å². The number of nitrogens with two attached hydrogens (primary N) is 1. The number of hydrogen-bond donors (Lipinski definition) is 1. The molecule has 0 amide bonds. The summed E-state index contributed by atoms with van der Waals surface area (Å²) < 4.78 is 10.5. The van der Waals surface area contributed by atoms with E-state index in [-0.39, 0.29) is 12.7 Å². The fraction of sp³-hybridized carbons (Fsp3) is 0.750. The molecule has 0 bridgehead atoms. The molecule has 15 heavy (non-hydrogen) atoms. The standard InChI is InChI=1S/C8H14N4O3/c1-12-2-3-13-6(4-12)8-10-7(5-14-9)15-11-8/h6H,2-5,9H2,1H3. The van der Waals surface area contributed by atoms with Crippen molar-refractivity contribution in [1.29, 1.82) is 0 Å². The Morgan fingerprint density at radius 1 is 1.67 bits per heavy atom. The summed E-state index contributed by atoms with van der Waals surface area (Å²) in [4.78, 5) is 10.7. The van der Waals surface area contributed by atoms with Crippen LogP contribution in [0, 0.1) is 0 Å². The molecule has 0 radical (unpaired) electrons. The van der Waals surface area contributed by atoms with Gasteiger partial charge in [0, 0.05) is 13.1 Å². The molecule has 0 aromatic carbocycles. The van der Waals surface area contributed by atoms with Crippen LogP contribution in [0.15, 0.2) is 4.52 Å². The minimum atomic E-state index is -0.126. The van der Waals surface area contributed by atoms with Crippen LogP contribution < -0.4 is 5.90 Å². The maximum Gasteiger partial charge on any atom is 0.254 e. The normalized spacial score (nSPS) is 23.2. The van der Waals surface area contributed by atoms with E-state index in [1.165, 1.54) is 0 Å². The molecule has 0 saturated carbocycles. The second kappa shape index (κ2) is 4.67. The van der Waals surface area contributed by atoms with Gasteiger partial charge < -0.3 is 14.2 Å². The summed E-state index contributed by atoms with van der Waals surface area (Å²) in [6.07, 6.45) is -0.126. The van der Waals surface area contributed by atoms with Crippen molar-refractivity contribution < 1.29 is 14.1 Å². The van der Waals surface area contributed by atoms with Gasteiger partial charge in [0.05, 0.1) is 6.61 Å². The van der Waals surface area contributed by atoms with E-state index in [2.05, 4.69) is 19.9 Å². The Balaban J connectivity index is 2.01. The Kier molecular flexibility index (Phi) is 3.27. The van der Waals surface area contributed by atoms with Crippen LogP contribution in [0.1, 0.15) is 17.8 Å². The maximum absolute atomic E-state index is 5.53. The molecule has 1 aromatic heterocycles. The first-order valence-corrected chi connectivity index (χ1v) is 4.74. The minimum absolute atomic E-state index is 0.121. The lowest BCUT2D eigenvalue weighted by molar-refractivity contribution is -0.0264. The van der Waals surface area contributed by atoms with Gasteiger partial charge in [0.2, 0.25) is 5.82 Å². The van der Waals surface area contributed by atoms with E-state index in [1.54, 1.807) is 0 Å². The Bertz CT molecular complexity index is 317. The summed E-state index contributed by atoms with van der Waals surface area (Å²) in [6, 6.07) is 0. The average Bonchev–Trinajstić information content (AvgIpc) is 2.67. The van der Waals surface area contributed by atoms with E-state index in [0.29, 0.717) is 18.3 Å². The predicted octanol–water partition coefficient (Wildman–Crippen LogP) is -0.537. The molecule has 84 valence electrons. The quantitative estimate of drug-likeness (QED) is 0.676. The first-order chi connectivity index (χ1) is 7.29. The van der Waals surface area contributed by atoms with Gasteiger partial charge in [-0.1, -0.05) is 5.16 Å². The monoisotopic (exact) mass is 214 g/mol. The lowest BCUT2D eigenvalue weighted by atomic mass is 10.3. The molecule has 1 atom stereocenters. The van der Waals surface area contributed by atoms with E-state index in [4.69, 9.17) is 15.2 Å². The van der Waals surface area contributed by atoms with E-state index in [1.807, 2.05) is 7.05 Å². The molecular formula is C8H14N4O3. The van der Waals surface area contributed by atoms with Gasteiger partial charge in [-0.25, -0.2) is 5.90 Å². The highest BCUT2D eigenvalue weighted by Gasteiger charge is 2.24. The van der Waals surface area contributed by atoms with Crippen molar-refractivity contribution in [3.05, 3.63) is 11.7 Å². The molecule has 1 aromatic rings. The van der Waals surface area contributed by atoms with Crippen molar-refractivity contribution in [1.82, 2.24) is 15.0 Å². The van der Waals surface area contributed by atoms with Crippen LogP contribution in [-0.4, -0.2) is 41.8 Å². The van der Waals surface area contributed by atoms with E-state index in [0.717, 1.165) is 13.1 Å². The number of likely N-dealkylation sites (N-methyl/N-ethyl adjacent to an activating group) is 1. The lowest BCUT2D eigenvalue weighted by Gasteiger charge is -2.27. The van der Waals surface area contributed by atoms with Gasteiger partial charge in [-0.2, -0.15) is 4.98 Å². The highest BCUT2D eigenvalue weighted by Crippen LogP contribution is 2.18. The summed E-state index contributed by atoms with van der Waals surface area (Å²) in [6.45, 7) is 2.49. The van der Waals surface area contributed by atoms with Crippen LogP contribution in [0.4, 0.5) is 0 Å².